The van der Waals surface area contributed by atoms with E-state index >= 15 is 0 Å². The number of nitrogens with zero attached hydrogens (tertiary/aromatic N) is 3. The standard InChI is InChI=1S/C16H24N4O3.ClH/c1-17-11-13-7-9-19(10-8-13)16(21)12-18(2)14-5-3-4-6-15(14)20(22)23;/h3-6,13,17H,7-12H2,1-2H3;1H. The minimum absolute atomic E-state index is 0. The highest BCUT2D eigenvalue weighted by molar-refractivity contribution is 5.85. The predicted molar refractivity (Wildman–Crippen MR) is 96.8 cm³/mol. The Balaban J connectivity index is 0.00000288. The maximum atomic E-state index is 12.4. The Hall–Kier alpha value is -1.86. The maximum Gasteiger partial charge on any atom is 0.292 e. The van der Waals surface area contributed by atoms with Crippen molar-refractivity contribution in [1.29, 1.82) is 0 Å². The highest BCUT2D eigenvalue weighted by Crippen LogP contribution is 2.26. The average molecular weight is 357 g/mol. The Labute approximate surface area is 148 Å². The van der Waals surface area contributed by atoms with Crippen LogP contribution in [0.3, 0.4) is 0 Å². The van der Waals surface area contributed by atoms with E-state index < -0.39 is 4.92 Å². The molecule has 1 heterocycles. The normalized spacial score (nSPS) is 14.8. The Morgan fingerprint density at radius 1 is 1.38 bits per heavy atom. The number of piperidine rings is 1. The first-order valence-electron chi connectivity index (χ1n) is 7.90. The monoisotopic (exact) mass is 356 g/mol. The number of benzene rings is 1. The number of anilines is 1. The summed E-state index contributed by atoms with van der Waals surface area (Å²) in [6.45, 7) is 2.66. The fourth-order valence-corrected chi connectivity index (χ4v) is 3.00. The van der Waals surface area contributed by atoms with Gasteiger partial charge in [-0.15, -0.1) is 12.4 Å². The van der Waals surface area contributed by atoms with Gasteiger partial charge in [-0.05, 0) is 38.4 Å². The quantitative estimate of drug-likeness (QED) is 0.622. The van der Waals surface area contributed by atoms with E-state index in [2.05, 4.69) is 5.32 Å². The molecule has 2 rings (SSSR count). The van der Waals surface area contributed by atoms with E-state index in [9.17, 15) is 14.9 Å². The number of hydrogen-bond acceptors (Lipinski definition) is 5. The molecule has 1 aliphatic rings. The Kier molecular flexibility index (Phi) is 7.94. The third-order valence-corrected chi connectivity index (χ3v) is 4.32. The van der Waals surface area contributed by atoms with E-state index in [1.807, 2.05) is 11.9 Å². The fraction of sp³-hybridized carbons (Fsp3) is 0.562. The van der Waals surface area contributed by atoms with Crippen molar-refractivity contribution >= 4 is 29.7 Å². The lowest BCUT2D eigenvalue weighted by Crippen LogP contribution is -2.44. The fourth-order valence-electron chi connectivity index (χ4n) is 3.00. The van der Waals surface area contributed by atoms with Crippen LogP contribution in [0.1, 0.15) is 12.8 Å². The molecule has 1 aliphatic heterocycles. The van der Waals surface area contributed by atoms with Crippen LogP contribution in [-0.2, 0) is 4.79 Å². The maximum absolute atomic E-state index is 12.4. The molecular weight excluding hydrogens is 332 g/mol. The molecule has 0 atom stereocenters. The van der Waals surface area contributed by atoms with Crippen LogP contribution in [0, 0.1) is 16.0 Å². The molecule has 24 heavy (non-hydrogen) atoms. The number of nitro groups is 1. The van der Waals surface area contributed by atoms with Gasteiger partial charge in [-0.2, -0.15) is 0 Å². The Bertz CT molecular complexity index is 562. The number of carbonyl (C=O) groups excluding carboxylic acids is 1. The van der Waals surface area contributed by atoms with Crippen molar-refractivity contribution in [3.8, 4) is 0 Å². The van der Waals surface area contributed by atoms with Gasteiger partial charge in [0.05, 0.1) is 11.5 Å². The zero-order valence-corrected chi connectivity index (χ0v) is 14.9. The van der Waals surface area contributed by atoms with E-state index in [-0.39, 0.29) is 30.5 Å². The SMILES string of the molecule is CNCC1CCN(C(=O)CN(C)c2ccccc2[N+](=O)[O-])CC1.Cl. The summed E-state index contributed by atoms with van der Waals surface area (Å²) in [6, 6.07) is 6.50. The number of likely N-dealkylation sites (tertiary alicyclic amines) is 1. The van der Waals surface area contributed by atoms with Gasteiger partial charge in [0.1, 0.15) is 5.69 Å². The number of carbonyl (C=O) groups is 1. The van der Waals surface area contributed by atoms with Gasteiger partial charge in [-0.3, -0.25) is 14.9 Å². The molecule has 0 aliphatic carbocycles. The van der Waals surface area contributed by atoms with E-state index in [0.717, 1.165) is 32.5 Å². The van der Waals surface area contributed by atoms with Gasteiger partial charge < -0.3 is 15.1 Å². The molecule has 1 N–H and O–H groups in total. The molecule has 0 unspecified atom stereocenters. The van der Waals surface area contributed by atoms with Crippen LogP contribution < -0.4 is 10.2 Å². The molecule has 0 bridgehead atoms. The topological polar surface area (TPSA) is 78.7 Å². The second-order valence-electron chi connectivity index (χ2n) is 5.98. The second-order valence-corrected chi connectivity index (χ2v) is 5.98. The van der Waals surface area contributed by atoms with Crippen molar-refractivity contribution < 1.29 is 9.72 Å². The minimum Gasteiger partial charge on any atom is -0.360 e. The van der Waals surface area contributed by atoms with Gasteiger partial charge >= 0.3 is 0 Å². The predicted octanol–water partition coefficient (Wildman–Crippen LogP) is 1.91. The van der Waals surface area contributed by atoms with E-state index in [0.29, 0.717) is 11.6 Å². The smallest absolute Gasteiger partial charge is 0.292 e. The van der Waals surface area contributed by atoms with Crippen LogP contribution in [0.25, 0.3) is 0 Å². The van der Waals surface area contributed by atoms with Gasteiger partial charge in [-0.25, -0.2) is 0 Å². The van der Waals surface area contributed by atoms with Crippen LogP contribution in [0.2, 0.25) is 0 Å². The van der Waals surface area contributed by atoms with Crippen molar-refractivity contribution in [2.75, 3.05) is 45.2 Å². The minimum atomic E-state index is -0.417. The lowest BCUT2D eigenvalue weighted by Gasteiger charge is -2.33. The van der Waals surface area contributed by atoms with Gasteiger partial charge in [0.25, 0.3) is 5.69 Å². The van der Waals surface area contributed by atoms with Crippen molar-refractivity contribution in [2.45, 2.75) is 12.8 Å². The summed E-state index contributed by atoms with van der Waals surface area (Å²) in [6.07, 6.45) is 2.00. The molecule has 8 heteroatoms. The van der Waals surface area contributed by atoms with Gasteiger partial charge in [0.15, 0.2) is 0 Å². The first-order chi connectivity index (χ1) is 11.0. The van der Waals surface area contributed by atoms with E-state index in [1.54, 1.807) is 30.1 Å². The number of hydrogen-bond donors (Lipinski definition) is 1. The number of rotatable bonds is 6. The van der Waals surface area contributed by atoms with Gasteiger partial charge in [-0.1, -0.05) is 12.1 Å². The molecule has 1 aromatic carbocycles. The summed E-state index contributed by atoms with van der Waals surface area (Å²) in [7, 11) is 3.66. The summed E-state index contributed by atoms with van der Waals surface area (Å²) in [5.74, 6) is 0.644. The van der Waals surface area contributed by atoms with Crippen LogP contribution >= 0.6 is 12.4 Å². The van der Waals surface area contributed by atoms with Gasteiger partial charge in [0, 0.05) is 26.2 Å². The van der Waals surface area contributed by atoms with Crippen molar-refractivity contribution in [3.05, 3.63) is 34.4 Å². The van der Waals surface area contributed by atoms with Crippen LogP contribution in [0.4, 0.5) is 11.4 Å². The molecule has 1 saturated heterocycles. The van der Waals surface area contributed by atoms with Crippen LogP contribution in [-0.4, -0.2) is 56.0 Å². The zero-order chi connectivity index (χ0) is 16.8. The zero-order valence-electron chi connectivity index (χ0n) is 14.1. The number of halogens is 1. The van der Waals surface area contributed by atoms with Crippen molar-refractivity contribution in [3.63, 3.8) is 0 Å². The molecule has 0 aromatic heterocycles. The van der Waals surface area contributed by atoms with E-state index in [1.165, 1.54) is 6.07 Å². The first kappa shape index (κ1) is 20.2. The summed E-state index contributed by atoms with van der Waals surface area (Å²) in [5, 5.41) is 14.3. The largest absolute Gasteiger partial charge is 0.360 e. The van der Waals surface area contributed by atoms with Gasteiger partial charge in [0.2, 0.25) is 5.91 Å². The summed E-state index contributed by atoms with van der Waals surface area (Å²) in [5.41, 5.74) is 0.492. The highest BCUT2D eigenvalue weighted by atomic mass is 35.5. The average Bonchev–Trinajstić information content (AvgIpc) is 2.55. The molecule has 0 spiro atoms. The Morgan fingerprint density at radius 3 is 2.58 bits per heavy atom. The number of amides is 1. The molecule has 7 nitrogen and oxygen atoms in total. The summed E-state index contributed by atoms with van der Waals surface area (Å²) in [4.78, 5) is 26.6. The molecule has 0 saturated carbocycles. The lowest BCUT2D eigenvalue weighted by atomic mass is 9.97. The molecule has 1 aromatic rings. The number of para-hydroxylation sites is 2. The van der Waals surface area contributed by atoms with Crippen LogP contribution in [0.5, 0.6) is 0 Å². The van der Waals surface area contributed by atoms with Crippen LogP contribution in [0.15, 0.2) is 24.3 Å². The number of likely N-dealkylation sites (N-methyl/N-ethyl adjacent to an activating group) is 1. The van der Waals surface area contributed by atoms with Crippen molar-refractivity contribution in [1.82, 2.24) is 10.2 Å². The molecular formula is C16H25ClN4O3. The third kappa shape index (κ3) is 5.07. The summed E-state index contributed by atoms with van der Waals surface area (Å²) < 4.78 is 0. The summed E-state index contributed by atoms with van der Waals surface area (Å²) >= 11 is 0. The molecule has 134 valence electrons. The first-order valence-corrected chi connectivity index (χ1v) is 7.90. The Morgan fingerprint density at radius 2 is 2.00 bits per heavy atom. The second kappa shape index (κ2) is 9.44. The van der Waals surface area contributed by atoms with E-state index in [4.69, 9.17) is 0 Å². The number of nitrogens with one attached hydrogen (secondary N) is 1. The third-order valence-electron chi connectivity index (χ3n) is 4.32. The van der Waals surface area contributed by atoms with Crippen molar-refractivity contribution in [2.24, 2.45) is 5.92 Å². The lowest BCUT2D eigenvalue weighted by molar-refractivity contribution is -0.384. The highest BCUT2D eigenvalue weighted by Gasteiger charge is 2.24. The number of nitro benzene ring substituents is 1. The molecule has 0 radical (unpaired) electrons. The molecule has 1 fully saturated rings. The molecule has 1 amide bonds.